The van der Waals surface area contributed by atoms with Gasteiger partial charge in [0.1, 0.15) is 4.90 Å². The Kier molecular flexibility index (Phi) is 4.12. The Bertz CT molecular complexity index is 681. The summed E-state index contributed by atoms with van der Waals surface area (Å²) in [6.07, 6.45) is -3.35. The van der Waals surface area contributed by atoms with E-state index >= 15 is 0 Å². The van der Waals surface area contributed by atoms with E-state index in [9.17, 15) is 21.6 Å². The average Bonchev–Trinajstić information content (AvgIpc) is 2.41. The van der Waals surface area contributed by atoms with Crippen molar-refractivity contribution in [3.63, 3.8) is 0 Å². The fourth-order valence-electron chi connectivity index (χ4n) is 2.14. The Labute approximate surface area is 121 Å². The predicted molar refractivity (Wildman–Crippen MR) is 71.0 cm³/mol. The third kappa shape index (κ3) is 3.11. The summed E-state index contributed by atoms with van der Waals surface area (Å²) >= 11 is 0. The van der Waals surface area contributed by atoms with E-state index in [1.54, 1.807) is 6.92 Å². The molecule has 0 atom stereocenters. The lowest BCUT2D eigenvalue weighted by Gasteiger charge is -2.28. The van der Waals surface area contributed by atoms with Crippen LogP contribution in [-0.2, 0) is 16.2 Å². The van der Waals surface area contributed by atoms with Crippen LogP contribution in [0.2, 0.25) is 0 Å². The molecule has 2 heterocycles. The Morgan fingerprint density at radius 1 is 1.24 bits per heavy atom. The number of aromatic nitrogens is 1. The highest BCUT2D eigenvalue weighted by Gasteiger charge is 2.41. The number of pyridine rings is 1. The van der Waals surface area contributed by atoms with Crippen molar-refractivity contribution >= 4 is 10.0 Å². The molecule has 116 valence electrons. The summed E-state index contributed by atoms with van der Waals surface area (Å²) in [4.78, 5) is 2.42. The van der Waals surface area contributed by atoms with E-state index < -0.39 is 26.8 Å². The van der Waals surface area contributed by atoms with Crippen LogP contribution in [0.5, 0.6) is 0 Å². The van der Waals surface area contributed by atoms with E-state index in [0.717, 1.165) is 27.7 Å². The lowest BCUT2D eigenvalue weighted by atomic mass is 10.1. The molecule has 21 heavy (non-hydrogen) atoms. The van der Waals surface area contributed by atoms with Crippen molar-refractivity contribution in [1.29, 1.82) is 0 Å². The van der Waals surface area contributed by atoms with Gasteiger partial charge >= 0.3 is 6.18 Å². The third-order valence-electron chi connectivity index (χ3n) is 3.54. The molecule has 1 aliphatic heterocycles. The lowest BCUT2D eigenvalue weighted by molar-refractivity contribution is -0.143. The highest BCUT2D eigenvalue weighted by molar-refractivity contribution is 7.89. The van der Waals surface area contributed by atoms with E-state index in [4.69, 9.17) is 0 Å². The van der Waals surface area contributed by atoms with Crippen LogP contribution in [-0.4, -0.2) is 30.8 Å². The molecular weight excluding hydrogens is 305 g/mol. The SMILES string of the molecule is CC1=C(C)CN(S(=O)(=O)c2cccnc2C(F)(F)F)CC1. The molecular formula is C13H15F3N2O2S. The number of nitrogens with zero attached hydrogens (tertiary/aromatic N) is 2. The topological polar surface area (TPSA) is 50.3 Å². The molecule has 1 aliphatic rings. The summed E-state index contributed by atoms with van der Waals surface area (Å²) in [6.45, 7) is 3.97. The third-order valence-corrected chi connectivity index (χ3v) is 5.41. The van der Waals surface area contributed by atoms with Gasteiger partial charge in [-0.3, -0.25) is 4.98 Å². The fourth-order valence-corrected chi connectivity index (χ4v) is 3.78. The zero-order valence-corrected chi connectivity index (χ0v) is 12.4. The highest BCUT2D eigenvalue weighted by atomic mass is 32.2. The number of hydrogen-bond acceptors (Lipinski definition) is 3. The van der Waals surface area contributed by atoms with Crippen molar-refractivity contribution in [1.82, 2.24) is 9.29 Å². The van der Waals surface area contributed by atoms with Crippen LogP contribution >= 0.6 is 0 Å². The quantitative estimate of drug-likeness (QED) is 0.787. The second-order valence-electron chi connectivity index (χ2n) is 5.00. The first-order chi connectivity index (χ1) is 9.64. The second kappa shape index (κ2) is 5.42. The summed E-state index contributed by atoms with van der Waals surface area (Å²) in [5.74, 6) is 0. The van der Waals surface area contributed by atoms with Gasteiger partial charge in [0.2, 0.25) is 10.0 Å². The van der Waals surface area contributed by atoms with Crippen LogP contribution < -0.4 is 0 Å². The smallest absolute Gasteiger partial charge is 0.250 e. The van der Waals surface area contributed by atoms with Crippen LogP contribution in [0.3, 0.4) is 0 Å². The summed E-state index contributed by atoms with van der Waals surface area (Å²) < 4.78 is 64.8. The second-order valence-corrected chi connectivity index (χ2v) is 6.90. The largest absolute Gasteiger partial charge is 0.434 e. The first kappa shape index (κ1) is 16.0. The normalized spacial score (nSPS) is 18.1. The first-order valence-corrected chi connectivity index (χ1v) is 7.75. The summed E-state index contributed by atoms with van der Waals surface area (Å²) in [7, 11) is -4.22. The fraction of sp³-hybridized carbons (Fsp3) is 0.462. The van der Waals surface area contributed by atoms with Crippen LogP contribution in [0.25, 0.3) is 0 Å². The van der Waals surface area contributed by atoms with Gasteiger partial charge in [-0.15, -0.1) is 0 Å². The van der Waals surface area contributed by atoms with Crippen LogP contribution in [0.4, 0.5) is 13.2 Å². The van der Waals surface area contributed by atoms with E-state index in [-0.39, 0.29) is 13.1 Å². The molecule has 0 saturated carbocycles. The predicted octanol–water partition coefficient (Wildman–Crippen LogP) is 2.83. The number of rotatable bonds is 2. The van der Waals surface area contributed by atoms with Gasteiger partial charge in [-0.1, -0.05) is 11.1 Å². The van der Waals surface area contributed by atoms with Crippen LogP contribution in [0.15, 0.2) is 34.4 Å². The highest BCUT2D eigenvalue weighted by Crippen LogP contribution is 2.34. The monoisotopic (exact) mass is 320 g/mol. The Hall–Kier alpha value is -1.41. The van der Waals surface area contributed by atoms with Crippen LogP contribution in [0.1, 0.15) is 26.0 Å². The zero-order valence-electron chi connectivity index (χ0n) is 11.6. The maximum atomic E-state index is 12.9. The minimum Gasteiger partial charge on any atom is -0.250 e. The molecule has 0 amide bonds. The molecule has 0 N–H and O–H groups in total. The molecule has 0 spiro atoms. The Balaban J connectivity index is 2.47. The molecule has 0 saturated heterocycles. The van der Waals surface area contributed by atoms with E-state index in [2.05, 4.69) is 4.98 Å². The van der Waals surface area contributed by atoms with Gasteiger partial charge in [0.15, 0.2) is 5.69 Å². The average molecular weight is 320 g/mol. The van der Waals surface area contributed by atoms with E-state index in [1.807, 2.05) is 6.92 Å². The van der Waals surface area contributed by atoms with E-state index in [1.165, 1.54) is 6.07 Å². The van der Waals surface area contributed by atoms with Gasteiger partial charge < -0.3 is 0 Å². The molecule has 0 unspecified atom stereocenters. The standard InChI is InChI=1S/C13H15F3N2O2S/c1-9-5-7-18(8-10(9)2)21(19,20)11-4-3-6-17-12(11)13(14,15)16/h3-4,6H,5,7-8H2,1-2H3. The van der Waals surface area contributed by atoms with Crippen molar-refractivity contribution in [3.8, 4) is 0 Å². The molecule has 2 rings (SSSR count). The molecule has 8 heteroatoms. The molecule has 0 aliphatic carbocycles. The molecule has 1 aromatic rings. The summed E-state index contributed by atoms with van der Waals surface area (Å²) in [5.41, 5.74) is 0.569. The van der Waals surface area contributed by atoms with E-state index in [0.29, 0.717) is 6.42 Å². The van der Waals surface area contributed by atoms with Crippen molar-refractivity contribution in [2.75, 3.05) is 13.1 Å². The molecule has 0 aromatic carbocycles. The number of alkyl halides is 3. The maximum absolute atomic E-state index is 12.9. The number of halogens is 3. The van der Waals surface area contributed by atoms with Gasteiger partial charge in [0.05, 0.1) is 0 Å². The maximum Gasteiger partial charge on any atom is 0.434 e. The first-order valence-electron chi connectivity index (χ1n) is 6.31. The van der Waals surface area contributed by atoms with Crippen molar-refractivity contribution < 1.29 is 21.6 Å². The van der Waals surface area contributed by atoms with Crippen molar-refractivity contribution in [2.24, 2.45) is 0 Å². The number of hydrogen-bond donors (Lipinski definition) is 0. The van der Waals surface area contributed by atoms with Gasteiger partial charge in [-0.2, -0.15) is 17.5 Å². The molecule has 0 bridgehead atoms. The zero-order chi connectivity index (χ0) is 15.8. The summed E-state index contributed by atoms with van der Waals surface area (Å²) in [5, 5.41) is 0. The van der Waals surface area contributed by atoms with Gasteiger partial charge in [0, 0.05) is 19.3 Å². The van der Waals surface area contributed by atoms with Crippen molar-refractivity contribution in [3.05, 3.63) is 35.2 Å². The molecule has 0 fully saturated rings. The minimum absolute atomic E-state index is 0.111. The molecule has 0 radical (unpaired) electrons. The minimum atomic E-state index is -4.81. The van der Waals surface area contributed by atoms with Gasteiger partial charge in [-0.25, -0.2) is 8.42 Å². The Morgan fingerprint density at radius 2 is 1.90 bits per heavy atom. The molecule has 4 nitrogen and oxygen atoms in total. The van der Waals surface area contributed by atoms with Crippen molar-refractivity contribution in [2.45, 2.75) is 31.3 Å². The van der Waals surface area contributed by atoms with Gasteiger partial charge in [0.25, 0.3) is 0 Å². The number of sulfonamides is 1. The summed E-state index contributed by atoms with van der Waals surface area (Å²) in [6, 6.07) is 2.14. The van der Waals surface area contributed by atoms with Crippen LogP contribution in [0, 0.1) is 0 Å². The molecule has 1 aromatic heterocycles. The lowest BCUT2D eigenvalue weighted by Crippen LogP contribution is -2.37. The van der Waals surface area contributed by atoms with Gasteiger partial charge in [-0.05, 0) is 32.4 Å². The Morgan fingerprint density at radius 3 is 2.48 bits per heavy atom.